The van der Waals surface area contributed by atoms with Gasteiger partial charge in [-0.1, -0.05) is 110 Å². The van der Waals surface area contributed by atoms with E-state index in [0.29, 0.717) is 12.8 Å². The number of primary amides is 1. The highest BCUT2D eigenvalue weighted by Gasteiger charge is 2.34. The maximum Gasteiger partial charge on any atom is 0.311 e. The van der Waals surface area contributed by atoms with E-state index in [1.165, 1.54) is 52.1 Å². The van der Waals surface area contributed by atoms with Crippen LogP contribution in [0.5, 0.6) is 0 Å². The second-order valence-corrected chi connectivity index (χ2v) is 11.0. The fourth-order valence-corrected chi connectivity index (χ4v) is 5.60. The summed E-state index contributed by atoms with van der Waals surface area (Å²) in [4.78, 5) is 24.5. The third kappa shape index (κ3) is 14.0. The number of amides is 1. The Labute approximate surface area is 221 Å². The largest absolute Gasteiger partial charge is 0.469 e. The number of carbonyl (C=O) groups excluding carboxylic acids is 2. The van der Waals surface area contributed by atoms with Crippen LogP contribution in [-0.4, -0.2) is 42.4 Å². The van der Waals surface area contributed by atoms with Crippen LogP contribution in [0.2, 0.25) is 0 Å². The average molecular weight is 512 g/mol. The normalized spacial score (nSPS) is 20.6. The first kappa shape index (κ1) is 32.9. The molecule has 0 aliphatic heterocycles. The number of carbonyl (C=O) groups is 2. The van der Waals surface area contributed by atoms with Crippen molar-refractivity contribution >= 4 is 11.9 Å². The molecule has 212 valence electrons. The summed E-state index contributed by atoms with van der Waals surface area (Å²) in [5, 5.41) is 11.1. The van der Waals surface area contributed by atoms with Crippen LogP contribution in [0.4, 0.5) is 0 Å². The minimum atomic E-state index is -0.807. The van der Waals surface area contributed by atoms with E-state index >= 15 is 0 Å². The molecule has 5 atom stereocenters. The Kier molecular flexibility index (Phi) is 19.1. The molecule has 1 aliphatic carbocycles. The molecule has 1 amide bonds. The van der Waals surface area contributed by atoms with E-state index < -0.39 is 12.0 Å². The third-order valence-corrected chi connectivity index (χ3v) is 7.91. The molecule has 0 spiro atoms. The summed E-state index contributed by atoms with van der Waals surface area (Å²) in [6, 6.07) is 0. The summed E-state index contributed by atoms with van der Waals surface area (Å²) < 4.78 is 11.5. The number of rotatable bonds is 22. The molecule has 0 saturated heterocycles. The van der Waals surface area contributed by atoms with Crippen LogP contribution in [0.15, 0.2) is 0 Å². The molecule has 6 nitrogen and oxygen atoms in total. The summed E-state index contributed by atoms with van der Waals surface area (Å²) >= 11 is 0. The van der Waals surface area contributed by atoms with Crippen LogP contribution >= 0.6 is 0 Å². The highest BCUT2D eigenvalue weighted by Crippen LogP contribution is 2.31. The number of hydrogen-bond donors (Lipinski definition) is 2. The van der Waals surface area contributed by atoms with Crippen LogP contribution in [0.3, 0.4) is 0 Å². The Balaban J connectivity index is 2.69. The zero-order valence-corrected chi connectivity index (χ0v) is 23.7. The Morgan fingerprint density at radius 3 is 1.94 bits per heavy atom. The van der Waals surface area contributed by atoms with E-state index in [1.54, 1.807) is 0 Å². The molecule has 1 aliphatic rings. The van der Waals surface area contributed by atoms with Crippen LogP contribution < -0.4 is 5.73 Å². The summed E-state index contributed by atoms with van der Waals surface area (Å²) in [7, 11) is 1.39. The fourth-order valence-electron chi connectivity index (χ4n) is 5.60. The van der Waals surface area contributed by atoms with Gasteiger partial charge in [0.15, 0.2) is 0 Å². The van der Waals surface area contributed by atoms with Crippen LogP contribution in [-0.2, 0) is 19.1 Å². The van der Waals surface area contributed by atoms with Crippen molar-refractivity contribution in [3.63, 3.8) is 0 Å². The molecule has 36 heavy (non-hydrogen) atoms. The maximum atomic E-state index is 12.5. The SMILES string of the molecule is CCCCCCCCCCC[C@@H](C[C@H](O)[C@H](CCCCCC)C(=O)OC)O[C@@H]1CCCC[C@@H]1C(N)=O. The molecule has 0 aromatic carbocycles. The highest BCUT2D eigenvalue weighted by atomic mass is 16.5. The number of hydrogen-bond acceptors (Lipinski definition) is 5. The lowest BCUT2D eigenvalue weighted by molar-refractivity contribution is -0.152. The standard InChI is InChI=1S/C30H57NO5/c1-4-6-8-10-11-12-13-14-15-19-24(36-28-22-18-17-21-26(28)29(31)33)23-27(32)25(30(34)35-3)20-16-9-7-5-2/h24-28,32H,4-23H2,1-3H3,(H2,31,33)/t24-,25-,26-,27-,28+/m0/s1. The summed E-state index contributed by atoms with van der Waals surface area (Å²) in [6.07, 6.45) is 19.8. The first-order chi connectivity index (χ1) is 17.4. The van der Waals surface area contributed by atoms with E-state index in [4.69, 9.17) is 15.2 Å². The molecule has 1 fully saturated rings. The average Bonchev–Trinajstić information content (AvgIpc) is 2.87. The highest BCUT2D eigenvalue weighted by molar-refractivity contribution is 5.77. The quantitative estimate of drug-likeness (QED) is 0.122. The van der Waals surface area contributed by atoms with Gasteiger partial charge in [0.1, 0.15) is 0 Å². The minimum absolute atomic E-state index is 0.183. The molecule has 1 saturated carbocycles. The fraction of sp³-hybridized carbons (Fsp3) is 0.933. The van der Waals surface area contributed by atoms with E-state index in [2.05, 4.69) is 13.8 Å². The first-order valence-corrected chi connectivity index (χ1v) is 15.1. The molecule has 6 heteroatoms. The molecular formula is C30H57NO5. The van der Waals surface area contributed by atoms with Crippen molar-refractivity contribution in [3.05, 3.63) is 0 Å². The maximum absolute atomic E-state index is 12.5. The number of methoxy groups -OCH3 is 1. The predicted octanol–water partition coefficient (Wildman–Crippen LogP) is 6.85. The van der Waals surface area contributed by atoms with Gasteiger partial charge >= 0.3 is 5.97 Å². The third-order valence-electron chi connectivity index (χ3n) is 7.91. The van der Waals surface area contributed by atoms with Crippen LogP contribution in [0.25, 0.3) is 0 Å². The molecule has 0 aromatic rings. The Hall–Kier alpha value is -1.14. The van der Waals surface area contributed by atoms with Gasteiger partial charge in [0.05, 0.1) is 37.3 Å². The molecule has 0 aromatic heterocycles. The van der Waals surface area contributed by atoms with E-state index in [-0.39, 0.29) is 30.0 Å². The van der Waals surface area contributed by atoms with Crippen molar-refractivity contribution < 1.29 is 24.2 Å². The van der Waals surface area contributed by atoms with E-state index in [9.17, 15) is 14.7 Å². The monoisotopic (exact) mass is 511 g/mol. The number of ether oxygens (including phenoxy) is 2. The minimum Gasteiger partial charge on any atom is -0.469 e. The molecular weight excluding hydrogens is 454 g/mol. The summed E-state index contributed by atoms with van der Waals surface area (Å²) in [6.45, 7) is 4.40. The van der Waals surface area contributed by atoms with Gasteiger partial charge in [0.25, 0.3) is 0 Å². The number of nitrogens with two attached hydrogens (primary N) is 1. The van der Waals surface area contributed by atoms with Gasteiger partial charge in [0, 0.05) is 6.42 Å². The lowest BCUT2D eigenvalue weighted by Gasteiger charge is -2.34. The van der Waals surface area contributed by atoms with E-state index in [1.807, 2.05) is 0 Å². The van der Waals surface area contributed by atoms with Gasteiger partial charge in [0.2, 0.25) is 5.91 Å². The molecule has 0 heterocycles. The van der Waals surface area contributed by atoms with Crippen LogP contribution in [0.1, 0.15) is 142 Å². The van der Waals surface area contributed by atoms with Gasteiger partial charge in [-0.2, -0.15) is 0 Å². The molecule has 0 radical (unpaired) electrons. The number of aliphatic hydroxyl groups excluding tert-OH is 1. The Morgan fingerprint density at radius 2 is 1.36 bits per heavy atom. The summed E-state index contributed by atoms with van der Waals surface area (Å²) in [5.41, 5.74) is 5.69. The number of esters is 1. The van der Waals surface area contributed by atoms with Crippen molar-refractivity contribution in [2.45, 2.75) is 161 Å². The zero-order chi connectivity index (χ0) is 26.6. The van der Waals surface area contributed by atoms with E-state index in [0.717, 1.165) is 70.6 Å². The van der Waals surface area contributed by atoms with Gasteiger partial charge in [-0.3, -0.25) is 9.59 Å². The number of unbranched alkanes of at least 4 members (excludes halogenated alkanes) is 11. The second kappa shape index (κ2) is 20.9. The van der Waals surface area contributed by atoms with Crippen molar-refractivity contribution in [1.82, 2.24) is 0 Å². The number of aliphatic hydroxyl groups is 1. The molecule has 1 rings (SSSR count). The zero-order valence-electron chi connectivity index (χ0n) is 23.7. The smallest absolute Gasteiger partial charge is 0.311 e. The molecule has 0 bridgehead atoms. The van der Waals surface area contributed by atoms with Crippen molar-refractivity contribution in [2.75, 3.05) is 7.11 Å². The molecule has 3 N–H and O–H groups in total. The Bertz CT molecular complexity index is 570. The van der Waals surface area contributed by atoms with Crippen molar-refractivity contribution in [1.29, 1.82) is 0 Å². The second-order valence-electron chi connectivity index (χ2n) is 11.0. The van der Waals surface area contributed by atoms with Gasteiger partial charge in [-0.05, 0) is 25.7 Å². The lowest BCUT2D eigenvalue weighted by atomic mass is 9.85. The van der Waals surface area contributed by atoms with Gasteiger partial charge in [-0.25, -0.2) is 0 Å². The van der Waals surface area contributed by atoms with Crippen molar-refractivity contribution in [2.24, 2.45) is 17.6 Å². The lowest BCUT2D eigenvalue weighted by Crippen LogP contribution is -2.41. The van der Waals surface area contributed by atoms with Crippen LogP contribution in [0, 0.1) is 11.8 Å². The topological polar surface area (TPSA) is 98.8 Å². The molecule has 0 unspecified atom stereocenters. The van der Waals surface area contributed by atoms with Gasteiger partial charge in [-0.15, -0.1) is 0 Å². The Morgan fingerprint density at radius 1 is 0.833 bits per heavy atom. The first-order valence-electron chi connectivity index (χ1n) is 15.1. The van der Waals surface area contributed by atoms with Gasteiger partial charge < -0.3 is 20.3 Å². The van der Waals surface area contributed by atoms with Crippen molar-refractivity contribution in [3.8, 4) is 0 Å². The predicted molar refractivity (Wildman–Crippen MR) is 147 cm³/mol. The summed E-state index contributed by atoms with van der Waals surface area (Å²) in [5.74, 6) is -1.41.